The highest BCUT2D eigenvalue weighted by Gasteiger charge is 2.29. The Morgan fingerprint density at radius 1 is 0.957 bits per heavy atom. The second kappa shape index (κ2) is 18.7. The van der Waals surface area contributed by atoms with Gasteiger partial charge in [-0.15, -0.1) is 0 Å². The molecular weight excluding hydrogens is 605 g/mol. The van der Waals surface area contributed by atoms with E-state index in [1.165, 1.54) is 0 Å². The highest BCUT2D eigenvalue weighted by molar-refractivity contribution is 5.86. The monoisotopic (exact) mass is 648 g/mol. The number of nitrogens with zero attached hydrogens (tertiary/aromatic N) is 5. The Kier molecular flexibility index (Phi) is 15.5. The van der Waals surface area contributed by atoms with E-state index < -0.39 is 42.5 Å². The van der Waals surface area contributed by atoms with Crippen LogP contribution in [-0.4, -0.2) is 106 Å². The average Bonchev–Trinajstić information content (AvgIpc) is 3.21. The Bertz CT molecular complexity index is 1240. The molecule has 1 aliphatic carbocycles. The van der Waals surface area contributed by atoms with Crippen LogP contribution in [0.1, 0.15) is 57.8 Å². The van der Waals surface area contributed by atoms with Gasteiger partial charge in [0.2, 0.25) is 17.8 Å². The number of halogens is 1. The van der Waals surface area contributed by atoms with Crippen molar-refractivity contribution in [3.8, 4) is 0 Å². The number of para-hydroxylation sites is 1. The van der Waals surface area contributed by atoms with E-state index in [-0.39, 0.29) is 6.04 Å². The van der Waals surface area contributed by atoms with Crippen LogP contribution in [0, 0.1) is 0 Å². The SMILES string of the molecule is CN1CCC(N(C)c2nc(Nc3ccccc3)nc(NC3CCCCC(F)C3)n2)CC1.CO.O=C([O-])CC(O)(CC(=O)[O-])C(=O)[O-]. The number of nitrogens with one attached hydrogen (secondary N) is 2. The third kappa shape index (κ3) is 12.7. The number of carboxylic acid groups (broad SMARTS) is 3. The van der Waals surface area contributed by atoms with E-state index in [0.29, 0.717) is 36.7 Å². The van der Waals surface area contributed by atoms with Crippen LogP contribution in [0.25, 0.3) is 0 Å². The Hall–Kier alpha value is -4.15. The standard InChI is InChI=1S/C23H34FN7.C6H8O7.CH4O/c1-30-14-12-20(13-15-30)31(2)23-28-21(25-18-9-4-3-5-10-18)27-22(29-23)26-19-11-7-6-8-17(24)16-19;7-3(8)1-6(13,5(11)12)2-4(9)10;1-2/h3-5,9-10,17,19-20H,6-8,11-16H2,1-2H3,(H2,25,26,27,28,29);13H,1-2H2,(H,7,8)(H,9,10)(H,11,12);2H,1H3/p-3. The van der Waals surface area contributed by atoms with Gasteiger partial charge in [-0.25, -0.2) is 4.39 Å². The third-order valence-electron chi connectivity index (χ3n) is 7.65. The van der Waals surface area contributed by atoms with Crippen molar-refractivity contribution in [2.45, 2.75) is 81.6 Å². The minimum absolute atomic E-state index is 0.0472. The molecular formula is C30H43FN7O8-3. The summed E-state index contributed by atoms with van der Waals surface area (Å²) in [7, 11) is 5.22. The first kappa shape index (κ1) is 38.0. The molecule has 16 heteroatoms. The van der Waals surface area contributed by atoms with Crippen LogP contribution in [0.15, 0.2) is 30.3 Å². The maximum atomic E-state index is 14.1. The number of piperidine rings is 1. The molecule has 0 spiro atoms. The van der Waals surface area contributed by atoms with Gasteiger partial charge in [0, 0.05) is 56.7 Å². The summed E-state index contributed by atoms with van der Waals surface area (Å²) in [6.45, 7) is 2.14. The minimum atomic E-state index is -2.97. The molecule has 0 amide bonds. The summed E-state index contributed by atoms with van der Waals surface area (Å²) < 4.78 is 14.1. The molecule has 0 bridgehead atoms. The fourth-order valence-corrected chi connectivity index (χ4v) is 5.14. The van der Waals surface area contributed by atoms with Crippen molar-refractivity contribution in [1.82, 2.24) is 19.9 Å². The number of aliphatic hydroxyl groups excluding tert-OH is 1. The van der Waals surface area contributed by atoms with Gasteiger partial charge in [0.1, 0.15) is 11.8 Å². The number of hydrogen-bond acceptors (Lipinski definition) is 15. The number of carboxylic acids is 3. The maximum absolute atomic E-state index is 14.1. The fraction of sp³-hybridized carbons (Fsp3) is 0.600. The molecule has 1 aromatic carbocycles. The lowest BCUT2D eigenvalue weighted by atomic mass is 9.96. The van der Waals surface area contributed by atoms with Crippen molar-refractivity contribution in [2.75, 3.05) is 49.8 Å². The van der Waals surface area contributed by atoms with Gasteiger partial charge in [0.25, 0.3) is 0 Å². The van der Waals surface area contributed by atoms with Gasteiger partial charge in [0.15, 0.2) is 0 Å². The van der Waals surface area contributed by atoms with Crippen LogP contribution < -0.4 is 30.9 Å². The molecule has 2 fully saturated rings. The molecule has 4 N–H and O–H groups in total. The molecule has 1 aromatic heterocycles. The normalized spacial score (nSPS) is 18.8. The summed E-state index contributed by atoms with van der Waals surface area (Å²) in [5.41, 5.74) is -2.05. The van der Waals surface area contributed by atoms with Crippen LogP contribution in [0.3, 0.4) is 0 Å². The number of aromatic nitrogens is 3. The summed E-state index contributed by atoms with van der Waals surface area (Å²) in [5, 5.41) is 52.6. The first-order chi connectivity index (χ1) is 21.8. The van der Waals surface area contributed by atoms with Crippen molar-refractivity contribution >= 4 is 41.4 Å². The molecule has 2 aromatic rings. The number of aliphatic carboxylic acids is 3. The largest absolute Gasteiger partial charge is 0.550 e. The van der Waals surface area contributed by atoms with Gasteiger partial charge >= 0.3 is 0 Å². The fourth-order valence-electron chi connectivity index (χ4n) is 5.14. The van der Waals surface area contributed by atoms with Crippen LogP contribution in [0.4, 0.5) is 27.9 Å². The third-order valence-corrected chi connectivity index (χ3v) is 7.65. The van der Waals surface area contributed by atoms with Crippen LogP contribution in [-0.2, 0) is 14.4 Å². The lowest BCUT2D eigenvalue weighted by Gasteiger charge is -2.35. The van der Waals surface area contributed by atoms with E-state index in [1.807, 2.05) is 30.3 Å². The van der Waals surface area contributed by atoms with Crippen molar-refractivity contribution in [3.05, 3.63) is 30.3 Å². The number of alkyl halides is 1. The van der Waals surface area contributed by atoms with E-state index in [9.17, 15) is 34.1 Å². The van der Waals surface area contributed by atoms with Crippen molar-refractivity contribution in [3.63, 3.8) is 0 Å². The zero-order valence-electron chi connectivity index (χ0n) is 26.4. The summed E-state index contributed by atoms with van der Waals surface area (Å²) in [6.07, 6.45) is 2.75. The Morgan fingerprint density at radius 3 is 2.09 bits per heavy atom. The minimum Gasteiger partial charge on any atom is -0.550 e. The molecule has 2 unspecified atom stereocenters. The number of anilines is 4. The molecule has 1 saturated heterocycles. The van der Waals surface area contributed by atoms with Crippen molar-refractivity contribution in [1.29, 1.82) is 0 Å². The van der Waals surface area contributed by atoms with Crippen LogP contribution >= 0.6 is 0 Å². The second-order valence-corrected chi connectivity index (χ2v) is 11.3. The number of aliphatic hydroxyl groups is 2. The molecule has 2 aliphatic rings. The molecule has 1 aliphatic heterocycles. The van der Waals surface area contributed by atoms with Gasteiger partial charge in [0.05, 0.1) is 5.97 Å². The van der Waals surface area contributed by atoms with Crippen molar-refractivity contribution in [2.24, 2.45) is 0 Å². The van der Waals surface area contributed by atoms with E-state index >= 15 is 0 Å². The van der Waals surface area contributed by atoms with E-state index in [4.69, 9.17) is 20.2 Å². The Balaban J connectivity index is 0.000000416. The zero-order chi connectivity index (χ0) is 34.3. The topological polar surface area (TPSA) is 230 Å². The lowest BCUT2D eigenvalue weighted by Crippen LogP contribution is -2.54. The van der Waals surface area contributed by atoms with Crippen LogP contribution in [0.5, 0.6) is 0 Å². The van der Waals surface area contributed by atoms with Gasteiger partial charge in [-0.2, -0.15) is 15.0 Å². The molecule has 46 heavy (non-hydrogen) atoms. The van der Waals surface area contributed by atoms with Gasteiger partial charge in [-0.3, -0.25) is 0 Å². The summed E-state index contributed by atoms with van der Waals surface area (Å²) in [4.78, 5) is 48.6. The first-order valence-corrected chi connectivity index (χ1v) is 15.0. The smallest absolute Gasteiger partial charge is 0.233 e. The first-order valence-electron chi connectivity index (χ1n) is 15.0. The molecule has 0 radical (unpaired) electrons. The number of carbonyl (C=O) groups excluding carboxylic acids is 3. The quantitative estimate of drug-likeness (QED) is 0.205. The Labute approximate surface area is 267 Å². The summed E-state index contributed by atoms with van der Waals surface area (Å²) in [6, 6.07) is 10.3. The molecule has 2 heterocycles. The molecule has 1 saturated carbocycles. The summed E-state index contributed by atoms with van der Waals surface area (Å²) in [5.74, 6) is -4.32. The van der Waals surface area contributed by atoms with Crippen LogP contribution in [0.2, 0.25) is 0 Å². The molecule has 4 rings (SSSR count). The number of benzene rings is 1. The number of hydrogen-bond donors (Lipinski definition) is 4. The molecule has 2 atom stereocenters. The Morgan fingerprint density at radius 2 is 1.52 bits per heavy atom. The zero-order valence-corrected chi connectivity index (χ0v) is 26.4. The predicted octanol–water partition coefficient (Wildman–Crippen LogP) is -1.42. The van der Waals surface area contributed by atoms with Gasteiger partial charge in [-0.1, -0.05) is 31.0 Å². The number of likely N-dealkylation sites (tertiary alicyclic amines) is 1. The average molecular weight is 649 g/mol. The van der Waals surface area contributed by atoms with E-state index in [0.717, 1.165) is 58.0 Å². The molecule has 15 nitrogen and oxygen atoms in total. The lowest BCUT2D eigenvalue weighted by molar-refractivity contribution is -0.339. The van der Waals surface area contributed by atoms with Crippen molar-refractivity contribution < 1.29 is 44.3 Å². The highest BCUT2D eigenvalue weighted by Crippen LogP contribution is 2.25. The van der Waals surface area contributed by atoms with Gasteiger partial charge in [-0.05, 0) is 64.4 Å². The predicted molar refractivity (Wildman–Crippen MR) is 161 cm³/mol. The number of rotatable bonds is 11. The van der Waals surface area contributed by atoms with E-state index in [2.05, 4.69) is 39.5 Å². The van der Waals surface area contributed by atoms with E-state index in [1.54, 1.807) is 0 Å². The number of carbonyl (C=O) groups is 3. The van der Waals surface area contributed by atoms with Gasteiger partial charge < -0.3 is 60.3 Å². The maximum Gasteiger partial charge on any atom is 0.233 e. The second-order valence-electron chi connectivity index (χ2n) is 11.3. The highest BCUT2D eigenvalue weighted by atomic mass is 19.1. The summed E-state index contributed by atoms with van der Waals surface area (Å²) >= 11 is 0. The molecule has 256 valence electrons.